The van der Waals surface area contributed by atoms with Gasteiger partial charge in [0.25, 0.3) is 0 Å². The van der Waals surface area contributed by atoms with Gasteiger partial charge < -0.3 is 21.2 Å². The Bertz CT molecular complexity index is 474. The van der Waals surface area contributed by atoms with E-state index in [1.54, 1.807) is 0 Å². The van der Waals surface area contributed by atoms with Crippen molar-refractivity contribution < 1.29 is 26.0 Å². The summed E-state index contributed by atoms with van der Waals surface area (Å²) in [6.45, 7) is 26.3. The van der Waals surface area contributed by atoms with E-state index in [2.05, 4.69) is 65.5 Å². The molecule has 0 amide bonds. The third-order valence-electron chi connectivity index (χ3n) is 2.43. The Hall–Kier alpha value is 0.134. The molecule has 6 nitrogen and oxygen atoms in total. The second-order valence-corrected chi connectivity index (χ2v) is 30.0. The van der Waals surface area contributed by atoms with Crippen LogP contribution in [0.2, 0.25) is 72.0 Å². The lowest BCUT2D eigenvalue weighted by Gasteiger charge is -2.43. The van der Waals surface area contributed by atoms with E-state index in [1.165, 1.54) is 0 Å². The maximum atomic E-state index is 11.7. The van der Waals surface area contributed by atoms with Crippen molar-refractivity contribution >= 4 is 48.3 Å². The normalized spacial score (nSPS) is 14.3. The molecule has 0 bridgehead atoms. The fourth-order valence-electron chi connectivity index (χ4n) is 2.44. The standard InChI is InChI=1S/C15H38O6Si5/c1-13-15(16)17-14-26(19-23(5,6)7,20-24(8,9)10)21-25(11,12)18-22(2,3)4/h13H,1,14H2,2-12H3. The van der Waals surface area contributed by atoms with E-state index in [9.17, 15) is 4.79 Å². The first-order chi connectivity index (χ1) is 11.3. The fraction of sp³-hybridized carbons (Fsp3) is 0.800. The van der Waals surface area contributed by atoms with Gasteiger partial charge in [0.2, 0.25) is 0 Å². The molecule has 0 rings (SSSR count). The summed E-state index contributed by atoms with van der Waals surface area (Å²) < 4.78 is 31.2. The van der Waals surface area contributed by atoms with Crippen LogP contribution in [-0.4, -0.2) is 54.5 Å². The van der Waals surface area contributed by atoms with Crippen molar-refractivity contribution in [1.29, 1.82) is 0 Å². The van der Waals surface area contributed by atoms with Crippen LogP contribution in [0.1, 0.15) is 0 Å². The molecule has 0 radical (unpaired) electrons. The molecule has 11 heteroatoms. The third-order valence-corrected chi connectivity index (χ3v) is 17.9. The highest BCUT2D eigenvalue weighted by atomic mass is 28.5. The summed E-state index contributed by atoms with van der Waals surface area (Å²) in [4.78, 5) is 11.7. The third kappa shape index (κ3) is 12.5. The topological polar surface area (TPSA) is 63.2 Å². The molecule has 0 aliphatic heterocycles. The summed E-state index contributed by atoms with van der Waals surface area (Å²) in [5, 5.41) is 0. The minimum atomic E-state index is -3.29. The maximum absolute atomic E-state index is 11.7. The van der Waals surface area contributed by atoms with Gasteiger partial charge in [-0.05, 0) is 72.0 Å². The van der Waals surface area contributed by atoms with E-state index >= 15 is 0 Å². The monoisotopic (exact) mass is 454 g/mol. The highest BCUT2D eigenvalue weighted by Crippen LogP contribution is 2.28. The Morgan fingerprint density at radius 3 is 1.42 bits per heavy atom. The first-order valence-electron chi connectivity index (χ1n) is 8.88. The second-order valence-electron chi connectivity index (χ2n) is 9.64. The number of ether oxygens (including phenoxy) is 1. The SMILES string of the molecule is C=CC(=O)OC[Si](O[Si](C)(C)C)(O[Si](C)(C)C)O[Si](C)(C)O[Si](C)(C)C. The Balaban J connectivity index is 5.88. The van der Waals surface area contributed by atoms with Crippen LogP contribution >= 0.6 is 0 Å². The van der Waals surface area contributed by atoms with Crippen LogP contribution in [0, 0.1) is 0 Å². The van der Waals surface area contributed by atoms with Gasteiger partial charge in [-0.25, -0.2) is 4.79 Å². The molecule has 0 unspecified atom stereocenters. The summed E-state index contributed by atoms with van der Waals surface area (Å²) >= 11 is 0. The summed E-state index contributed by atoms with van der Waals surface area (Å²) in [6.07, 6.45) is 1.13. The van der Waals surface area contributed by atoms with Gasteiger partial charge in [-0.1, -0.05) is 6.58 Å². The lowest BCUT2D eigenvalue weighted by molar-refractivity contribution is -0.137. The highest BCUT2D eigenvalue weighted by molar-refractivity contribution is 6.91. The van der Waals surface area contributed by atoms with Gasteiger partial charge >= 0.3 is 23.3 Å². The molecule has 154 valence electrons. The number of carbonyl (C=O) groups excluding carboxylic acids is 1. The van der Waals surface area contributed by atoms with Crippen LogP contribution in [0.15, 0.2) is 12.7 Å². The van der Waals surface area contributed by atoms with Crippen LogP contribution in [-0.2, 0) is 26.0 Å². The van der Waals surface area contributed by atoms with Crippen LogP contribution in [0.4, 0.5) is 0 Å². The second kappa shape index (κ2) is 9.09. The summed E-state index contributed by atoms with van der Waals surface area (Å²) in [7, 11) is -11.7. The Morgan fingerprint density at radius 2 is 1.12 bits per heavy atom. The van der Waals surface area contributed by atoms with Crippen molar-refractivity contribution in [1.82, 2.24) is 0 Å². The van der Waals surface area contributed by atoms with Crippen LogP contribution < -0.4 is 0 Å². The zero-order valence-electron chi connectivity index (χ0n) is 18.4. The molecule has 0 heterocycles. The molecule has 0 aromatic rings. The van der Waals surface area contributed by atoms with Gasteiger partial charge in [-0.15, -0.1) is 0 Å². The molecule has 0 saturated carbocycles. The predicted octanol–water partition coefficient (Wildman–Crippen LogP) is 4.47. The van der Waals surface area contributed by atoms with Gasteiger partial charge in [-0.2, -0.15) is 0 Å². The molecule has 0 N–H and O–H groups in total. The largest absolute Gasteiger partial charge is 0.510 e. The number of hydrogen-bond donors (Lipinski definition) is 0. The van der Waals surface area contributed by atoms with Crippen molar-refractivity contribution in [3.63, 3.8) is 0 Å². The van der Waals surface area contributed by atoms with E-state index in [0.717, 1.165) is 6.08 Å². The van der Waals surface area contributed by atoms with Crippen molar-refractivity contribution in [3.8, 4) is 0 Å². The maximum Gasteiger partial charge on any atom is 0.510 e. The van der Waals surface area contributed by atoms with Crippen molar-refractivity contribution in [2.45, 2.75) is 72.0 Å². The minimum absolute atomic E-state index is 0.0160. The lowest BCUT2D eigenvalue weighted by Crippen LogP contribution is -2.65. The first-order valence-corrected chi connectivity index (χ1v) is 23.9. The van der Waals surface area contributed by atoms with E-state index in [-0.39, 0.29) is 6.23 Å². The molecule has 0 spiro atoms. The van der Waals surface area contributed by atoms with E-state index in [1.807, 2.05) is 13.1 Å². The van der Waals surface area contributed by atoms with Gasteiger partial charge in [0.05, 0.1) is 0 Å². The van der Waals surface area contributed by atoms with Crippen LogP contribution in [0.3, 0.4) is 0 Å². The van der Waals surface area contributed by atoms with Crippen molar-refractivity contribution in [2.75, 3.05) is 6.23 Å². The number of rotatable bonds is 11. The number of hydrogen-bond acceptors (Lipinski definition) is 6. The minimum Gasteiger partial charge on any atom is -0.458 e. The molecule has 0 saturated heterocycles. The first kappa shape index (κ1) is 26.1. The van der Waals surface area contributed by atoms with E-state index in [4.69, 9.17) is 21.2 Å². The number of carbonyl (C=O) groups is 1. The van der Waals surface area contributed by atoms with Crippen molar-refractivity contribution in [3.05, 3.63) is 12.7 Å². The molecular weight excluding hydrogens is 417 g/mol. The molecule has 26 heavy (non-hydrogen) atoms. The van der Waals surface area contributed by atoms with Gasteiger partial charge in [0.15, 0.2) is 31.2 Å². The van der Waals surface area contributed by atoms with Gasteiger partial charge in [-0.3, -0.25) is 0 Å². The summed E-state index contributed by atoms with van der Waals surface area (Å²) in [5.74, 6) is -0.505. The van der Waals surface area contributed by atoms with E-state index < -0.39 is 48.3 Å². The molecule has 0 atom stereocenters. The quantitative estimate of drug-likeness (QED) is 0.261. The van der Waals surface area contributed by atoms with Crippen molar-refractivity contribution in [2.24, 2.45) is 0 Å². The fourth-order valence-corrected chi connectivity index (χ4v) is 22.0. The molecular formula is C15H38O6Si5. The molecule has 0 aromatic heterocycles. The number of esters is 1. The zero-order chi connectivity index (χ0) is 21.0. The van der Waals surface area contributed by atoms with Crippen LogP contribution in [0.5, 0.6) is 0 Å². The Kier molecular flexibility index (Phi) is 9.14. The van der Waals surface area contributed by atoms with Gasteiger partial charge in [0.1, 0.15) is 0 Å². The predicted molar refractivity (Wildman–Crippen MR) is 119 cm³/mol. The Labute approximate surface area is 165 Å². The summed E-state index contributed by atoms with van der Waals surface area (Å²) in [5.41, 5.74) is 0. The molecule has 0 aromatic carbocycles. The average molecular weight is 455 g/mol. The van der Waals surface area contributed by atoms with Gasteiger partial charge in [0, 0.05) is 6.08 Å². The average Bonchev–Trinajstić information content (AvgIpc) is 2.27. The molecule has 0 fully saturated rings. The van der Waals surface area contributed by atoms with Crippen LogP contribution in [0.25, 0.3) is 0 Å². The lowest BCUT2D eigenvalue weighted by atomic mass is 10.7. The molecule has 0 aliphatic rings. The zero-order valence-corrected chi connectivity index (χ0v) is 23.4. The Morgan fingerprint density at radius 1 is 0.731 bits per heavy atom. The highest BCUT2D eigenvalue weighted by Gasteiger charge is 2.53. The van der Waals surface area contributed by atoms with E-state index in [0.29, 0.717) is 0 Å². The smallest absolute Gasteiger partial charge is 0.458 e. The molecule has 0 aliphatic carbocycles. The summed E-state index contributed by atoms with van der Waals surface area (Å²) in [6, 6.07) is 0.